The van der Waals surface area contributed by atoms with Gasteiger partial charge >= 0.3 is 6.85 Å². The summed E-state index contributed by atoms with van der Waals surface area (Å²) in [6.45, 7) is 33.8. The zero-order chi connectivity index (χ0) is 33.8. The fraction of sp³-hybridized carbons (Fsp3) is 0.429. The predicted octanol–water partition coefficient (Wildman–Crippen LogP) is 9.06. The Kier molecular flexibility index (Phi) is 7.38. The van der Waals surface area contributed by atoms with E-state index in [-0.39, 0.29) is 28.5 Å². The van der Waals surface area contributed by atoms with Crippen molar-refractivity contribution in [2.24, 2.45) is 0 Å². The van der Waals surface area contributed by atoms with Crippen LogP contribution >= 0.6 is 0 Å². The van der Waals surface area contributed by atoms with Crippen LogP contribution in [-0.2, 0) is 21.7 Å². The summed E-state index contributed by atoms with van der Waals surface area (Å²) in [5.74, 6) is 1.90. The van der Waals surface area contributed by atoms with Crippen LogP contribution in [0.1, 0.15) is 105 Å². The van der Waals surface area contributed by atoms with Crippen LogP contribution in [0.4, 0.5) is 11.4 Å². The maximum absolute atomic E-state index is 6.62. The van der Waals surface area contributed by atoms with Crippen molar-refractivity contribution in [3.05, 3.63) is 95.1 Å². The van der Waals surface area contributed by atoms with Crippen LogP contribution in [-0.4, -0.2) is 14.9 Å². The summed E-state index contributed by atoms with van der Waals surface area (Å²) in [5, 5.41) is 3.09. The molecule has 0 saturated heterocycles. The highest BCUT2D eigenvalue weighted by Gasteiger charge is 2.49. The number of hydrogen-bond donors (Lipinski definition) is 0. The van der Waals surface area contributed by atoms with E-state index in [1.807, 2.05) is 0 Å². The van der Waals surface area contributed by atoms with Crippen molar-refractivity contribution in [3.8, 4) is 11.5 Å². The average Bonchev–Trinajstić information content (AvgIpc) is 2.94. The summed E-state index contributed by atoms with van der Waals surface area (Å²) in [7, 11) is -2.23. The van der Waals surface area contributed by atoms with Crippen molar-refractivity contribution in [2.75, 3.05) is 4.81 Å². The van der Waals surface area contributed by atoms with E-state index >= 15 is 0 Å². The number of nitrogens with zero attached hydrogens (tertiary/aromatic N) is 1. The molecule has 2 aliphatic rings. The maximum Gasteiger partial charge on any atom is 0.335 e. The Morgan fingerprint density at radius 2 is 0.891 bits per heavy atom. The van der Waals surface area contributed by atoms with Crippen LogP contribution in [0.2, 0.25) is 13.1 Å². The van der Waals surface area contributed by atoms with Gasteiger partial charge in [0.1, 0.15) is 19.6 Å². The fourth-order valence-electron chi connectivity index (χ4n) is 7.43. The minimum atomic E-state index is -2.23. The monoisotopic (exact) mass is 627 g/mol. The molecule has 4 aromatic rings. The number of ether oxygens (including phenoxy) is 1. The molecule has 6 rings (SSSR count). The highest BCUT2D eigenvalue weighted by molar-refractivity contribution is 7.04. The second kappa shape index (κ2) is 10.4. The molecule has 0 bridgehead atoms. The molecule has 0 aliphatic carbocycles. The van der Waals surface area contributed by atoms with Crippen molar-refractivity contribution in [1.29, 1.82) is 0 Å². The molecule has 0 spiro atoms. The van der Waals surface area contributed by atoms with Gasteiger partial charge in [0.15, 0.2) is 0 Å². The second-order valence-electron chi connectivity index (χ2n) is 18.4. The predicted molar refractivity (Wildman–Crippen MR) is 205 cm³/mol. The molecule has 0 fully saturated rings. The number of rotatable bonds is 1. The van der Waals surface area contributed by atoms with E-state index in [1.54, 1.807) is 10.4 Å². The summed E-state index contributed by atoms with van der Waals surface area (Å²) in [4.78, 5) is 2.78. The Bertz CT molecular complexity index is 1710. The zero-order valence-corrected chi connectivity index (χ0v) is 31.9. The van der Waals surface area contributed by atoms with Crippen molar-refractivity contribution >= 4 is 47.6 Å². The maximum atomic E-state index is 6.62. The molecule has 0 N–H and O–H groups in total. The lowest BCUT2D eigenvalue weighted by Gasteiger charge is -2.50. The van der Waals surface area contributed by atoms with Gasteiger partial charge in [-0.05, 0) is 77.3 Å². The lowest BCUT2D eigenvalue weighted by molar-refractivity contribution is 0.487. The van der Waals surface area contributed by atoms with Gasteiger partial charge in [-0.2, -0.15) is 0 Å². The molecule has 0 amide bonds. The van der Waals surface area contributed by atoms with Crippen molar-refractivity contribution in [3.63, 3.8) is 0 Å². The van der Waals surface area contributed by atoms with Crippen LogP contribution in [0.3, 0.4) is 0 Å². The Hall–Kier alpha value is -3.24. The number of anilines is 2. The summed E-state index contributed by atoms with van der Waals surface area (Å²) in [6, 6.07) is 27.7. The minimum Gasteiger partial charge on any atom is -0.458 e. The standard InChI is InChI=1S/C42H54BNOSi/c1-39(2,3)27-23-29(41(7,8)9)37-35(25-27)46(13,14)36-26-28(40(4,5)6)24-30(42(10,11)12)38(36)44(37)43-31-19-15-17-21-33(31)45-34-22-18-16-20-32(34)43/h15-26H,1-14H3. The Balaban J connectivity index is 1.86. The number of fused-ring (bicyclic) bond motifs is 4. The molecule has 46 heavy (non-hydrogen) atoms. The summed E-state index contributed by atoms with van der Waals surface area (Å²) >= 11 is 0. The average molecular weight is 628 g/mol. The molecule has 2 nitrogen and oxygen atoms in total. The molecule has 2 heterocycles. The van der Waals surface area contributed by atoms with Crippen LogP contribution in [0, 0.1) is 0 Å². The number of hydrogen-bond acceptors (Lipinski definition) is 2. The first-order valence-corrected chi connectivity index (χ1v) is 20.2. The molecular formula is C42H54BNOSi. The third kappa shape index (κ3) is 5.25. The molecule has 0 saturated carbocycles. The van der Waals surface area contributed by atoms with Gasteiger partial charge in [0.2, 0.25) is 0 Å². The summed E-state index contributed by atoms with van der Waals surface area (Å²) in [6.07, 6.45) is 0. The first-order chi connectivity index (χ1) is 21.1. The third-order valence-corrected chi connectivity index (χ3v) is 13.8. The largest absolute Gasteiger partial charge is 0.458 e. The number of para-hydroxylation sites is 2. The van der Waals surface area contributed by atoms with E-state index in [1.165, 1.54) is 44.6 Å². The van der Waals surface area contributed by atoms with Gasteiger partial charge in [0, 0.05) is 11.4 Å². The van der Waals surface area contributed by atoms with Crippen LogP contribution < -0.4 is 30.8 Å². The molecule has 2 aliphatic heterocycles. The topological polar surface area (TPSA) is 12.5 Å². The normalized spacial score (nSPS) is 15.9. The van der Waals surface area contributed by atoms with Crippen LogP contribution in [0.5, 0.6) is 11.5 Å². The molecule has 0 unspecified atom stereocenters. The third-order valence-electron chi connectivity index (χ3n) is 10.3. The lowest BCUT2D eigenvalue weighted by atomic mass is 9.47. The quantitative estimate of drug-likeness (QED) is 0.195. The molecule has 240 valence electrons. The van der Waals surface area contributed by atoms with E-state index in [0.29, 0.717) is 0 Å². The lowest BCUT2D eigenvalue weighted by Crippen LogP contribution is -2.67. The Labute approximate surface area is 280 Å². The molecule has 4 heteroatoms. The molecule has 0 radical (unpaired) electrons. The van der Waals surface area contributed by atoms with Gasteiger partial charge in [-0.25, -0.2) is 0 Å². The van der Waals surface area contributed by atoms with Gasteiger partial charge in [-0.15, -0.1) is 0 Å². The molecule has 4 aromatic carbocycles. The first-order valence-electron chi connectivity index (χ1n) is 17.2. The van der Waals surface area contributed by atoms with Gasteiger partial charge < -0.3 is 9.55 Å². The number of benzene rings is 4. The fourth-order valence-corrected chi connectivity index (χ4v) is 10.4. The van der Waals surface area contributed by atoms with Crippen molar-refractivity contribution < 1.29 is 4.74 Å². The summed E-state index contributed by atoms with van der Waals surface area (Å²) in [5.41, 5.74) is 10.9. The van der Waals surface area contributed by atoms with Crippen molar-refractivity contribution in [1.82, 2.24) is 0 Å². The van der Waals surface area contributed by atoms with Crippen LogP contribution in [0.15, 0.2) is 72.8 Å². The Morgan fingerprint density at radius 3 is 1.24 bits per heavy atom. The first kappa shape index (κ1) is 32.7. The van der Waals surface area contributed by atoms with Gasteiger partial charge in [0.05, 0.1) is 0 Å². The summed E-state index contributed by atoms with van der Waals surface area (Å²) < 4.78 is 6.62. The molecule has 0 aromatic heterocycles. The van der Waals surface area contributed by atoms with E-state index in [4.69, 9.17) is 4.74 Å². The second-order valence-corrected chi connectivity index (χ2v) is 22.7. The van der Waals surface area contributed by atoms with E-state index in [0.717, 1.165) is 11.5 Å². The van der Waals surface area contributed by atoms with E-state index in [2.05, 4.69) is 174 Å². The highest BCUT2D eigenvalue weighted by atomic mass is 28.3. The Morgan fingerprint density at radius 1 is 0.522 bits per heavy atom. The highest BCUT2D eigenvalue weighted by Crippen LogP contribution is 2.47. The van der Waals surface area contributed by atoms with E-state index < -0.39 is 8.07 Å². The molecular weight excluding hydrogens is 573 g/mol. The van der Waals surface area contributed by atoms with E-state index in [9.17, 15) is 0 Å². The molecule has 0 atom stereocenters. The zero-order valence-electron chi connectivity index (χ0n) is 30.9. The smallest absolute Gasteiger partial charge is 0.335 e. The van der Waals surface area contributed by atoms with Gasteiger partial charge in [0.25, 0.3) is 0 Å². The van der Waals surface area contributed by atoms with Crippen LogP contribution in [0.25, 0.3) is 0 Å². The SMILES string of the molecule is CC(C)(C)c1cc(C(C)(C)C)c2c(c1)[Si](C)(C)c1cc(C(C)(C)C)cc(C(C)(C)C)c1N2B1c2ccccc2Oc2ccccc21. The minimum absolute atomic E-state index is 0.0341. The van der Waals surface area contributed by atoms with Crippen molar-refractivity contribution in [2.45, 2.75) is 118 Å². The van der Waals surface area contributed by atoms with Gasteiger partial charge in [-0.3, -0.25) is 0 Å². The van der Waals surface area contributed by atoms with Gasteiger partial charge in [-0.1, -0.05) is 157 Å².